The first-order valence-electron chi connectivity index (χ1n) is 6.10. The Morgan fingerprint density at radius 3 is 2.71 bits per heavy atom. The average molecular weight is 233 g/mol. The van der Waals surface area contributed by atoms with Crippen LogP contribution in [0, 0.1) is 17.1 Å². The third kappa shape index (κ3) is 3.28. The minimum absolute atomic E-state index is 0.277. The van der Waals surface area contributed by atoms with Crippen LogP contribution in [0.3, 0.4) is 0 Å². The van der Waals surface area contributed by atoms with Gasteiger partial charge >= 0.3 is 0 Å². The monoisotopic (exact) mass is 233 g/mol. The summed E-state index contributed by atoms with van der Waals surface area (Å²) in [7, 11) is 0. The van der Waals surface area contributed by atoms with Crippen LogP contribution in [-0.4, -0.2) is 6.10 Å². The van der Waals surface area contributed by atoms with E-state index < -0.39 is 0 Å². The molecule has 90 valence electrons. The lowest BCUT2D eigenvalue weighted by Gasteiger charge is -2.22. The van der Waals surface area contributed by atoms with Crippen molar-refractivity contribution >= 4 is 0 Å². The highest BCUT2D eigenvalue weighted by molar-refractivity contribution is 5.32. The number of ether oxygens (including phenoxy) is 1. The fraction of sp³-hybridized carbons (Fsp3) is 0.500. The molecule has 0 bridgehead atoms. The first kappa shape index (κ1) is 12.1. The molecule has 1 aliphatic rings. The fourth-order valence-corrected chi connectivity index (χ4v) is 2.17. The van der Waals surface area contributed by atoms with E-state index in [0.29, 0.717) is 17.7 Å². The second-order valence-corrected chi connectivity index (χ2v) is 4.49. The van der Waals surface area contributed by atoms with Crippen molar-refractivity contribution < 1.29 is 9.13 Å². The van der Waals surface area contributed by atoms with Crippen LogP contribution in [0.15, 0.2) is 18.2 Å². The van der Waals surface area contributed by atoms with Crippen molar-refractivity contribution in [1.82, 2.24) is 0 Å². The summed E-state index contributed by atoms with van der Waals surface area (Å²) in [6, 6.07) is 6.45. The Balaban J connectivity index is 1.92. The van der Waals surface area contributed by atoms with Gasteiger partial charge in [-0.3, -0.25) is 0 Å². The fourth-order valence-electron chi connectivity index (χ4n) is 2.17. The second kappa shape index (κ2) is 5.79. The van der Waals surface area contributed by atoms with Gasteiger partial charge in [-0.25, -0.2) is 4.39 Å². The summed E-state index contributed by atoms with van der Waals surface area (Å²) in [6.07, 6.45) is 6.14. The van der Waals surface area contributed by atoms with E-state index in [4.69, 9.17) is 10.00 Å². The van der Waals surface area contributed by atoms with E-state index >= 15 is 0 Å². The molecule has 1 aromatic carbocycles. The van der Waals surface area contributed by atoms with E-state index in [9.17, 15) is 4.39 Å². The summed E-state index contributed by atoms with van der Waals surface area (Å²) < 4.78 is 19.3. The summed E-state index contributed by atoms with van der Waals surface area (Å²) >= 11 is 0. The molecule has 3 heteroatoms. The molecule has 0 aromatic heterocycles. The van der Waals surface area contributed by atoms with Crippen LogP contribution in [0.2, 0.25) is 0 Å². The molecule has 1 aromatic rings. The summed E-state index contributed by atoms with van der Waals surface area (Å²) in [6.45, 7) is 0.308. The van der Waals surface area contributed by atoms with Crippen LogP contribution < -0.4 is 0 Å². The number of benzene rings is 1. The van der Waals surface area contributed by atoms with Gasteiger partial charge < -0.3 is 4.74 Å². The Hall–Kier alpha value is -1.40. The number of hydrogen-bond donors (Lipinski definition) is 0. The molecule has 1 saturated carbocycles. The van der Waals surface area contributed by atoms with Crippen LogP contribution in [0.1, 0.15) is 43.2 Å². The van der Waals surface area contributed by atoms with Crippen molar-refractivity contribution in [1.29, 1.82) is 5.26 Å². The number of hydrogen-bond acceptors (Lipinski definition) is 2. The van der Waals surface area contributed by atoms with Crippen molar-refractivity contribution in [3.63, 3.8) is 0 Å². The lowest BCUT2D eigenvalue weighted by Crippen LogP contribution is -2.16. The van der Waals surface area contributed by atoms with Gasteiger partial charge in [0.1, 0.15) is 5.82 Å². The molecule has 0 aliphatic heterocycles. The zero-order chi connectivity index (χ0) is 12.1. The van der Waals surface area contributed by atoms with Gasteiger partial charge in [-0.1, -0.05) is 25.3 Å². The molecule has 1 fully saturated rings. The summed E-state index contributed by atoms with van der Waals surface area (Å²) in [5.74, 6) is -0.347. The van der Waals surface area contributed by atoms with Gasteiger partial charge in [0, 0.05) is 5.56 Å². The largest absolute Gasteiger partial charge is 0.373 e. The quantitative estimate of drug-likeness (QED) is 0.799. The van der Waals surface area contributed by atoms with Crippen molar-refractivity contribution in [2.45, 2.75) is 44.8 Å². The SMILES string of the molecule is N#Cc1ccc(COC2CCCCC2)c(F)c1. The molecule has 0 N–H and O–H groups in total. The van der Waals surface area contributed by atoms with Crippen LogP contribution in [0.5, 0.6) is 0 Å². The van der Waals surface area contributed by atoms with Gasteiger partial charge in [0.15, 0.2) is 0 Å². The van der Waals surface area contributed by atoms with E-state index in [-0.39, 0.29) is 11.9 Å². The summed E-state index contributed by atoms with van der Waals surface area (Å²) in [4.78, 5) is 0. The number of nitriles is 1. The Labute approximate surface area is 101 Å². The number of nitrogens with zero attached hydrogens (tertiary/aromatic N) is 1. The van der Waals surface area contributed by atoms with Gasteiger partial charge in [-0.05, 0) is 25.0 Å². The minimum atomic E-state index is -0.347. The van der Waals surface area contributed by atoms with Gasteiger partial charge in [-0.15, -0.1) is 0 Å². The topological polar surface area (TPSA) is 33.0 Å². The Bertz CT molecular complexity index is 419. The molecule has 0 radical (unpaired) electrons. The Kier molecular flexibility index (Phi) is 4.11. The molecule has 0 heterocycles. The highest BCUT2D eigenvalue weighted by Gasteiger charge is 2.14. The lowest BCUT2D eigenvalue weighted by molar-refractivity contribution is 0.0156. The average Bonchev–Trinajstić information content (AvgIpc) is 2.38. The van der Waals surface area contributed by atoms with Gasteiger partial charge in [0.05, 0.1) is 24.3 Å². The summed E-state index contributed by atoms with van der Waals surface area (Å²) in [5, 5.41) is 8.64. The van der Waals surface area contributed by atoms with Crippen LogP contribution in [0.25, 0.3) is 0 Å². The lowest BCUT2D eigenvalue weighted by atomic mass is 9.98. The predicted octanol–water partition coefficient (Wildman–Crippen LogP) is 3.55. The highest BCUT2D eigenvalue weighted by Crippen LogP contribution is 2.22. The maximum absolute atomic E-state index is 13.6. The third-order valence-corrected chi connectivity index (χ3v) is 3.21. The zero-order valence-corrected chi connectivity index (χ0v) is 9.79. The van der Waals surface area contributed by atoms with Gasteiger partial charge in [0.2, 0.25) is 0 Å². The van der Waals surface area contributed by atoms with E-state index in [2.05, 4.69) is 0 Å². The van der Waals surface area contributed by atoms with Crippen LogP contribution in [-0.2, 0) is 11.3 Å². The molecule has 2 rings (SSSR count). The molecular weight excluding hydrogens is 217 g/mol. The molecule has 0 saturated heterocycles. The Morgan fingerprint density at radius 2 is 2.06 bits per heavy atom. The molecule has 2 nitrogen and oxygen atoms in total. The molecular formula is C14H16FNO. The molecule has 0 unspecified atom stereocenters. The van der Waals surface area contributed by atoms with Crippen LogP contribution >= 0.6 is 0 Å². The third-order valence-electron chi connectivity index (χ3n) is 3.21. The second-order valence-electron chi connectivity index (χ2n) is 4.49. The first-order chi connectivity index (χ1) is 8.29. The van der Waals surface area contributed by atoms with E-state index in [1.165, 1.54) is 25.3 Å². The van der Waals surface area contributed by atoms with E-state index in [1.807, 2.05) is 6.07 Å². The van der Waals surface area contributed by atoms with Crippen molar-refractivity contribution in [2.75, 3.05) is 0 Å². The highest BCUT2D eigenvalue weighted by atomic mass is 19.1. The number of rotatable bonds is 3. The smallest absolute Gasteiger partial charge is 0.130 e. The standard InChI is InChI=1S/C14H16FNO/c15-14-8-11(9-16)6-7-12(14)10-17-13-4-2-1-3-5-13/h6-8,13H,1-5,10H2. The molecule has 17 heavy (non-hydrogen) atoms. The molecule has 0 atom stereocenters. The Morgan fingerprint density at radius 1 is 1.29 bits per heavy atom. The van der Waals surface area contributed by atoms with E-state index in [0.717, 1.165) is 12.8 Å². The maximum Gasteiger partial charge on any atom is 0.130 e. The molecule has 1 aliphatic carbocycles. The number of halogens is 1. The first-order valence-corrected chi connectivity index (χ1v) is 6.10. The zero-order valence-electron chi connectivity index (χ0n) is 9.79. The minimum Gasteiger partial charge on any atom is -0.373 e. The van der Waals surface area contributed by atoms with Crippen molar-refractivity contribution in [3.05, 3.63) is 35.1 Å². The van der Waals surface area contributed by atoms with Crippen LogP contribution in [0.4, 0.5) is 4.39 Å². The molecule has 0 amide bonds. The van der Waals surface area contributed by atoms with Crippen molar-refractivity contribution in [3.8, 4) is 6.07 Å². The van der Waals surface area contributed by atoms with E-state index in [1.54, 1.807) is 12.1 Å². The predicted molar refractivity (Wildman–Crippen MR) is 62.8 cm³/mol. The van der Waals surface area contributed by atoms with Gasteiger partial charge in [-0.2, -0.15) is 5.26 Å². The molecule has 0 spiro atoms. The van der Waals surface area contributed by atoms with Crippen molar-refractivity contribution in [2.24, 2.45) is 0 Å². The van der Waals surface area contributed by atoms with Gasteiger partial charge in [0.25, 0.3) is 0 Å². The normalized spacial score (nSPS) is 16.7. The maximum atomic E-state index is 13.6. The summed E-state index contributed by atoms with van der Waals surface area (Å²) in [5.41, 5.74) is 0.887.